The van der Waals surface area contributed by atoms with Crippen LogP contribution < -0.4 is 0 Å². The number of rotatable bonds is 3. The monoisotopic (exact) mass is 209 g/mol. The van der Waals surface area contributed by atoms with Crippen LogP contribution in [0.15, 0.2) is 12.2 Å². The molecule has 0 aromatic carbocycles. The van der Waals surface area contributed by atoms with Crippen LogP contribution in [0.4, 0.5) is 0 Å². The summed E-state index contributed by atoms with van der Waals surface area (Å²) in [6.45, 7) is 0.706. The second kappa shape index (κ2) is 4.79. The Morgan fingerprint density at radius 1 is 1.33 bits per heavy atom. The van der Waals surface area contributed by atoms with E-state index in [0.717, 1.165) is 12.3 Å². The normalized spacial score (nSPS) is 27.7. The van der Waals surface area contributed by atoms with Crippen LogP contribution in [0.25, 0.3) is 0 Å². The highest BCUT2D eigenvalue weighted by Crippen LogP contribution is 2.26. The molecule has 0 aromatic heterocycles. The molecule has 2 rings (SSSR count). The second-order valence-electron chi connectivity index (χ2n) is 4.60. The van der Waals surface area contributed by atoms with Crippen molar-refractivity contribution in [2.75, 3.05) is 6.54 Å². The van der Waals surface area contributed by atoms with Crippen LogP contribution in [0, 0.1) is 5.92 Å². The molecule has 1 aliphatic carbocycles. The number of amides is 1. The van der Waals surface area contributed by atoms with E-state index < -0.39 is 6.23 Å². The number of hydrogen-bond acceptors (Lipinski definition) is 2. The van der Waals surface area contributed by atoms with Gasteiger partial charge in [0, 0.05) is 12.6 Å². The fraction of sp³-hybridized carbons (Fsp3) is 0.750. The molecular weight excluding hydrogens is 190 g/mol. The van der Waals surface area contributed by atoms with Crippen LogP contribution in [0.2, 0.25) is 0 Å². The number of nitrogens with zero attached hydrogens (tertiary/aromatic N) is 1. The molecule has 0 bridgehead atoms. The number of aliphatic hydroxyl groups is 1. The van der Waals surface area contributed by atoms with Gasteiger partial charge in [0.15, 0.2) is 0 Å². The molecule has 1 amide bonds. The van der Waals surface area contributed by atoms with Gasteiger partial charge >= 0.3 is 0 Å². The lowest BCUT2D eigenvalue weighted by Crippen LogP contribution is -2.35. The summed E-state index contributed by atoms with van der Waals surface area (Å²) >= 11 is 0. The highest BCUT2D eigenvalue weighted by molar-refractivity contribution is 5.90. The molecule has 84 valence electrons. The Balaban J connectivity index is 1.75. The molecule has 1 atom stereocenters. The first-order chi connectivity index (χ1) is 7.27. The first-order valence-electron chi connectivity index (χ1n) is 5.94. The van der Waals surface area contributed by atoms with Crippen molar-refractivity contribution in [3.63, 3.8) is 0 Å². The van der Waals surface area contributed by atoms with Gasteiger partial charge in [0.05, 0.1) is 0 Å². The number of carbonyl (C=O) groups is 1. The van der Waals surface area contributed by atoms with E-state index in [2.05, 4.69) is 0 Å². The minimum atomic E-state index is -0.680. The van der Waals surface area contributed by atoms with Crippen molar-refractivity contribution in [3.05, 3.63) is 12.2 Å². The molecule has 3 heteroatoms. The lowest BCUT2D eigenvalue weighted by Gasteiger charge is -2.26. The predicted molar refractivity (Wildman–Crippen MR) is 58.1 cm³/mol. The Kier molecular flexibility index (Phi) is 3.41. The van der Waals surface area contributed by atoms with Gasteiger partial charge in [0.25, 0.3) is 0 Å². The third-order valence-electron chi connectivity index (χ3n) is 3.52. The van der Waals surface area contributed by atoms with Crippen molar-refractivity contribution in [1.82, 2.24) is 4.90 Å². The van der Waals surface area contributed by atoms with Gasteiger partial charge in [-0.3, -0.25) is 4.79 Å². The first kappa shape index (κ1) is 10.7. The molecule has 15 heavy (non-hydrogen) atoms. The largest absolute Gasteiger partial charge is 0.370 e. The Morgan fingerprint density at radius 3 is 2.67 bits per heavy atom. The van der Waals surface area contributed by atoms with Crippen molar-refractivity contribution >= 4 is 5.91 Å². The summed E-state index contributed by atoms with van der Waals surface area (Å²) < 4.78 is 0. The highest BCUT2D eigenvalue weighted by atomic mass is 16.3. The van der Waals surface area contributed by atoms with Crippen LogP contribution >= 0.6 is 0 Å². The fourth-order valence-corrected chi connectivity index (χ4v) is 2.54. The van der Waals surface area contributed by atoms with Gasteiger partial charge in [-0.05, 0) is 18.4 Å². The van der Waals surface area contributed by atoms with Crippen LogP contribution in [0.3, 0.4) is 0 Å². The van der Waals surface area contributed by atoms with Gasteiger partial charge in [0.2, 0.25) is 5.91 Å². The summed E-state index contributed by atoms with van der Waals surface area (Å²) in [4.78, 5) is 12.9. The lowest BCUT2D eigenvalue weighted by molar-refractivity contribution is -0.131. The topological polar surface area (TPSA) is 40.5 Å². The smallest absolute Gasteiger partial charge is 0.248 e. The van der Waals surface area contributed by atoms with E-state index in [1.807, 2.05) is 0 Å². The molecule has 1 aliphatic heterocycles. The van der Waals surface area contributed by atoms with Gasteiger partial charge in [-0.2, -0.15) is 0 Å². The summed E-state index contributed by atoms with van der Waals surface area (Å²) in [7, 11) is 0. The summed E-state index contributed by atoms with van der Waals surface area (Å²) in [6, 6.07) is 0. The molecule has 3 nitrogen and oxygen atoms in total. The standard InChI is InChI=1S/C12H19NO2/c14-11-6-7-12(15)13(11)9-8-10-4-2-1-3-5-10/h6-7,10-11,14H,1-5,8-9H2. The predicted octanol–water partition coefficient (Wildman–Crippen LogP) is 1.67. The molecule has 0 radical (unpaired) electrons. The van der Waals surface area contributed by atoms with Crippen LogP contribution in [-0.2, 0) is 4.79 Å². The maximum Gasteiger partial charge on any atom is 0.248 e. The summed E-state index contributed by atoms with van der Waals surface area (Å²) in [5.41, 5.74) is 0. The van der Waals surface area contributed by atoms with E-state index in [4.69, 9.17) is 0 Å². The molecular formula is C12H19NO2. The molecule has 1 saturated carbocycles. The van der Waals surface area contributed by atoms with E-state index in [1.54, 1.807) is 11.0 Å². The Labute approximate surface area is 90.8 Å². The highest BCUT2D eigenvalue weighted by Gasteiger charge is 2.24. The molecule has 0 aromatic rings. The average Bonchev–Trinajstić information content (AvgIpc) is 2.58. The van der Waals surface area contributed by atoms with Gasteiger partial charge in [-0.25, -0.2) is 0 Å². The maximum absolute atomic E-state index is 11.3. The van der Waals surface area contributed by atoms with Gasteiger partial charge in [-0.15, -0.1) is 0 Å². The van der Waals surface area contributed by atoms with E-state index in [0.29, 0.717) is 6.54 Å². The summed E-state index contributed by atoms with van der Waals surface area (Å²) in [5.74, 6) is 0.720. The zero-order valence-corrected chi connectivity index (χ0v) is 9.06. The second-order valence-corrected chi connectivity index (χ2v) is 4.60. The zero-order valence-electron chi connectivity index (χ0n) is 9.06. The Bertz CT molecular complexity index is 256. The first-order valence-corrected chi connectivity index (χ1v) is 5.94. The van der Waals surface area contributed by atoms with Crippen molar-refractivity contribution in [2.24, 2.45) is 5.92 Å². The summed E-state index contributed by atoms with van der Waals surface area (Å²) in [5, 5.41) is 9.51. The van der Waals surface area contributed by atoms with Gasteiger partial charge in [-0.1, -0.05) is 32.1 Å². The van der Waals surface area contributed by atoms with E-state index in [9.17, 15) is 9.90 Å². The van der Waals surface area contributed by atoms with E-state index in [1.165, 1.54) is 38.2 Å². The fourth-order valence-electron chi connectivity index (χ4n) is 2.54. The molecule has 1 fully saturated rings. The molecule has 0 spiro atoms. The average molecular weight is 209 g/mol. The molecule has 1 heterocycles. The van der Waals surface area contributed by atoms with Crippen molar-refractivity contribution in [2.45, 2.75) is 44.8 Å². The van der Waals surface area contributed by atoms with E-state index >= 15 is 0 Å². The number of carbonyl (C=O) groups excluding carboxylic acids is 1. The molecule has 2 aliphatic rings. The Morgan fingerprint density at radius 2 is 2.07 bits per heavy atom. The van der Waals surface area contributed by atoms with E-state index in [-0.39, 0.29) is 5.91 Å². The SMILES string of the molecule is O=C1C=CC(O)N1CCC1CCCCC1. The van der Waals surface area contributed by atoms with Gasteiger partial charge < -0.3 is 10.0 Å². The third kappa shape index (κ3) is 2.59. The minimum Gasteiger partial charge on any atom is -0.370 e. The van der Waals surface area contributed by atoms with Crippen molar-refractivity contribution in [1.29, 1.82) is 0 Å². The van der Waals surface area contributed by atoms with Crippen LogP contribution in [0.5, 0.6) is 0 Å². The lowest BCUT2D eigenvalue weighted by atomic mass is 9.87. The van der Waals surface area contributed by atoms with Crippen molar-refractivity contribution in [3.8, 4) is 0 Å². The molecule has 0 saturated heterocycles. The molecule has 1 N–H and O–H groups in total. The van der Waals surface area contributed by atoms with Crippen LogP contribution in [0.1, 0.15) is 38.5 Å². The summed E-state index contributed by atoms with van der Waals surface area (Å²) in [6.07, 6.45) is 10.0. The van der Waals surface area contributed by atoms with Gasteiger partial charge in [0.1, 0.15) is 6.23 Å². The van der Waals surface area contributed by atoms with Crippen molar-refractivity contribution < 1.29 is 9.90 Å². The Hall–Kier alpha value is -0.830. The number of hydrogen-bond donors (Lipinski definition) is 1. The minimum absolute atomic E-state index is 0.0432. The maximum atomic E-state index is 11.3. The molecule has 1 unspecified atom stereocenters. The zero-order chi connectivity index (χ0) is 10.7. The number of aliphatic hydroxyl groups excluding tert-OH is 1. The quantitative estimate of drug-likeness (QED) is 0.768. The third-order valence-corrected chi connectivity index (χ3v) is 3.52. The van der Waals surface area contributed by atoms with Crippen LogP contribution in [-0.4, -0.2) is 28.7 Å².